The van der Waals surface area contributed by atoms with Crippen molar-refractivity contribution in [2.45, 2.75) is 13.0 Å². The van der Waals surface area contributed by atoms with Gasteiger partial charge in [0.15, 0.2) is 16.4 Å². The summed E-state index contributed by atoms with van der Waals surface area (Å²) in [5.41, 5.74) is 2.02. The third-order valence-electron chi connectivity index (χ3n) is 4.71. The number of methoxy groups -OCH3 is 1. The first kappa shape index (κ1) is 21.2. The van der Waals surface area contributed by atoms with Crippen LogP contribution in [0.4, 0.5) is 5.69 Å². The maximum absolute atomic E-state index is 12.5. The molecule has 0 bridgehead atoms. The number of nitrogens with zero attached hydrogens (tertiary/aromatic N) is 4. The second-order valence-electron chi connectivity index (χ2n) is 6.88. The minimum absolute atomic E-state index is 0.135. The van der Waals surface area contributed by atoms with Gasteiger partial charge in [-0.05, 0) is 48.6 Å². The molecule has 32 heavy (non-hydrogen) atoms. The Bertz CT molecular complexity index is 1280. The fourth-order valence-corrected chi connectivity index (χ4v) is 3.33. The standard InChI is InChI=1S/C22H20N6O3S/c1-31-18-7-5-14(6-8-18)21-26-27-22(32)28(21)10-9-19(30)25-16-12-23-20(24-13-16)15-3-2-4-17(29)11-15/h2-8,11-13,29H,9-10H2,1H3,(H,25,30)(H,27,32). The molecule has 10 heteroatoms. The van der Waals surface area contributed by atoms with Crippen LogP contribution in [0.1, 0.15) is 6.42 Å². The number of hydrogen-bond acceptors (Lipinski definition) is 7. The van der Waals surface area contributed by atoms with E-state index in [1.165, 1.54) is 12.4 Å². The molecule has 0 unspecified atom stereocenters. The molecular weight excluding hydrogens is 428 g/mol. The lowest BCUT2D eigenvalue weighted by molar-refractivity contribution is -0.116. The van der Waals surface area contributed by atoms with Crippen molar-refractivity contribution in [1.29, 1.82) is 0 Å². The van der Waals surface area contributed by atoms with Crippen molar-refractivity contribution in [3.05, 3.63) is 65.7 Å². The summed E-state index contributed by atoms with van der Waals surface area (Å²) in [6.45, 7) is 0.352. The number of ether oxygens (including phenoxy) is 1. The Morgan fingerprint density at radius 2 is 1.91 bits per heavy atom. The monoisotopic (exact) mass is 448 g/mol. The van der Waals surface area contributed by atoms with E-state index in [9.17, 15) is 9.90 Å². The van der Waals surface area contributed by atoms with Crippen molar-refractivity contribution in [2.75, 3.05) is 12.4 Å². The summed E-state index contributed by atoms with van der Waals surface area (Å²) in [6, 6.07) is 14.1. The highest BCUT2D eigenvalue weighted by Crippen LogP contribution is 2.22. The van der Waals surface area contributed by atoms with Crippen LogP contribution < -0.4 is 10.1 Å². The molecule has 4 rings (SSSR count). The average Bonchev–Trinajstić information content (AvgIpc) is 3.18. The van der Waals surface area contributed by atoms with Crippen LogP contribution in [0.3, 0.4) is 0 Å². The number of carbonyl (C=O) groups excluding carboxylic acids is 1. The predicted octanol–water partition coefficient (Wildman–Crippen LogP) is 3.81. The minimum Gasteiger partial charge on any atom is -0.508 e. The third-order valence-corrected chi connectivity index (χ3v) is 5.02. The number of hydrogen-bond donors (Lipinski definition) is 3. The van der Waals surface area contributed by atoms with E-state index in [1.54, 1.807) is 35.9 Å². The first-order valence-corrected chi connectivity index (χ1v) is 10.2. The Kier molecular flexibility index (Phi) is 6.22. The van der Waals surface area contributed by atoms with Gasteiger partial charge in [0.1, 0.15) is 11.5 Å². The van der Waals surface area contributed by atoms with Crippen LogP contribution in [-0.2, 0) is 11.3 Å². The van der Waals surface area contributed by atoms with Gasteiger partial charge >= 0.3 is 0 Å². The molecule has 1 amide bonds. The molecule has 9 nitrogen and oxygen atoms in total. The summed E-state index contributed by atoms with van der Waals surface area (Å²) in [5, 5.41) is 19.4. The normalized spacial score (nSPS) is 10.7. The van der Waals surface area contributed by atoms with E-state index >= 15 is 0 Å². The highest BCUT2D eigenvalue weighted by atomic mass is 32.1. The van der Waals surface area contributed by atoms with Crippen molar-refractivity contribution >= 4 is 23.8 Å². The second-order valence-corrected chi connectivity index (χ2v) is 7.26. The average molecular weight is 449 g/mol. The quantitative estimate of drug-likeness (QED) is 0.368. The minimum atomic E-state index is -0.206. The molecule has 2 heterocycles. The number of carbonyl (C=O) groups is 1. The van der Waals surface area contributed by atoms with E-state index in [0.717, 1.165) is 11.3 Å². The van der Waals surface area contributed by atoms with Crippen LogP contribution in [0.25, 0.3) is 22.8 Å². The third kappa shape index (κ3) is 4.81. The lowest BCUT2D eigenvalue weighted by Gasteiger charge is -2.09. The molecule has 4 aromatic rings. The van der Waals surface area contributed by atoms with Gasteiger partial charge in [-0.15, -0.1) is 0 Å². The number of nitrogens with one attached hydrogen (secondary N) is 2. The van der Waals surface area contributed by atoms with Gasteiger partial charge in [0.05, 0.1) is 25.2 Å². The number of rotatable bonds is 7. The molecule has 0 aliphatic carbocycles. The summed E-state index contributed by atoms with van der Waals surface area (Å²) in [4.78, 5) is 21.0. The van der Waals surface area contributed by atoms with Gasteiger partial charge in [-0.25, -0.2) is 9.97 Å². The summed E-state index contributed by atoms with van der Waals surface area (Å²) in [7, 11) is 1.61. The van der Waals surface area contributed by atoms with E-state index in [-0.39, 0.29) is 18.1 Å². The Morgan fingerprint density at radius 3 is 2.59 bits per heavy atom. The highest BCUT2D eigenvalue weighted by molar-refractivity contribution is 7.71. The Morgan fingerprint density at radius 1 is 1.16 bits per heavy atom. The zero-order chi connectivity index (χ0) is 22.5. The largest absolute Gasteiger partial charge is 0.508 e. The van der Waals surface area contributed by atoms with Gasteiger partial charge in [-0.2, -0.15) is 5.10 Å². The number of benzene rings is 2. The fraction of sp³-hybridized carbons (Fsp3) is 0.136. The Labute approximate surface area is 188 Å². The molecule has 0 fully saturated rings. The number of anilines is 1. The molecule has 3 N–H and O–H groups in total. The van der Waals surface area contributed by atoms with Gasteiger partial charge < -0.3 is 15.2 Å². The van der Waals surface area contributed by atoms with E-state index in [2.05, 4.69) is 25.5 Å². The van der Waals surface area contributed by atoms with E-state index in [4.69, 9.17) is 17.0 Å². The molecule has 0 atom stereocenters. The molecule has 0 radical (unpaired) electrons. The van der Waals surface area contributed by atoms with Crippen molar-refractivity contribution < 1.29 is 14.6 Å². The van der Waals surface area contributed by atoms with Gasteiger partial charge in [-0.1, -0.05) is 12.1 Å². The van der Waals surface area contributed by atoms with Crippen LogP contribution >= 0.6 is 12.2 Å². The van der Waals surface area contributed by atoms with Crippen molar-refractivity contribution in [2.24, 2.45) is 0 Å². The van der Waals surface area contributed by atoms with Crippen LogP contribution in [0.2, 0.25) is 0 Å². The molecule has 0 aliphatic rings. The predicted molar refractivity (Wildman–Crippen MR) is 122 cm³/mol. The molecule has 2 aromatic carbocycles. The SMILES string of the molecule is COc1ccc(-c2n[nH]c(=S)n2CCC(=O)Nc2cnc(-c3cccc(O)c3)nc2)cc1. The first-order chi connectivity index (χ1) is 15.5. The van der Waals surface area contributed by atoms with Gasteiger partial charge in [0.25, 0.3) is 0 Å². The van der Waals surface area contributed by atoms with Crippen LogP contribution in [0.5, 0.6) is 11.5 Å². The van der Waals surface area contributed by atoms with Crippen LogP contribution in [-0.4, -0.2) is 42.9 Å². The Balaban J connectivity index is 1.40. The van der Waals surface area contributed by atoms with Gasteiger partial charge in [0, 0.05) is 24.1 Å². The van der Waals surface area contributed by atoms with Crippen molar-refractivity contribution in [3.8, 4) is 34.3 Å². The lowest BCUT2D eigenvalue weighted by Crippen LogP contribution is -2.15. The number of aromatic amines is 1. The molecular formula is C22H20N6O3S. The summed E-state index contributed by atoms with van der Waals surface area (Å²) >= 11 is 5.32. The molecule has 0 saturated heterocycles. The zero-order valence-electron chi connectivity index (χ0n) is 17.1. The topological polar surface area (TPSA) is 118 Å². The molecule has 2 aromatic heterocycles. The summed E-state index contributed by atoms with van der Waals surface area (Å²) in [6.07, 6.45) is 3.23. The van der Waals surface area contributed by atoms with Crippen molar-refractivity contribution in [1.82, 2.24) is 24.7 Å². The van der Waals surface area contributed by atoms with E-state index in [1.807, 2.05) is 24.3 Å². The summed E-state index contributed by atoms with van der Waals surface area (Å²) in [5.74, 6) is 1.76. The lowest BCUT2D eigenvalue weighted by atomic mass is 10.2. The molecule has 0 spiro atoms. The fourth-order valence-electron chi connectivity index (χ4n) is 3.11. The number of amides is 1. The molecule has 0 saturated carbocycles. The number of aromatic nitrogens is 5. The smallest absolute Gasteiger partial charge is 0.226 e. The first-order valence-electron chi connectivity index (χ1n) is 9.74. The highest BCUT2D eigenvalue weighted by Gasteiger charge is 2.12. The van der Waals surface area contributed by atoms with E-state index in [0.29, 0.717) is 34.2 Å². The van der Waals surface area contributed by atoms with Crippen LogP contribution in [0, 0.1) is 4.77 Å². The Hall–Kier alpha value is -4.05. The van der Waals surface area contributed by atoms with Crippen molar-refractivity contribution in [3.63, 3.8) is 0 Å². The van der Waals surface area contributed by atoms with Gasteiger partial charge in [0.2, 0.25) is 5.91 Å². The number of H-pyrrole nitrogens is 1. The van der Waals surface area contributed by atoms with E-state index < -0.39 is 0 Å². The van der Waals surface area contributed by atoms with Crippen LogP contribution in [0.15, 0.2) is 60.9 Å². The molecule has 162 valence electrons. The van der Waals surface area contributed by atoms with Gasteiger partial charge in [-0.3, -0.25) is 14.5 Å². The number of phenolic OH excluding ortho intramolecular Hbond substituents is 1. The second kappa shape index (κ2) is 9.40. The summed E-state index contributed by atoms with van der Waals surface area (Å²) < 4.78 is 7.39. The number of phenols is 1. The maximum atomic E-state index is 12.5. The maximum Gasteiger partial charge on any atom is 0.226 e. The number of aromatic hydroxyl groups is 1. The zero-order valence-corrected chi connectivity index (χ0v) is 18.0. The molecule has 0 aliphatic heterocycles.